The molecule has 2 bridgehead atoms. The van der Waals surface area contributed by atoms with Crippen LogP contribution < -0.4 is 10.6 Å². The van der Waals surface area contributed by atoms with Gasteiger partial charge in [-0.2, -0.15) is 4.98 Å². The molecule has 110 valence electrons. The molecule has 20 heavy (non-hydrogen) atoms. The molecule has 2 aliphatic rings. The lowest BCUT2D eigenvalue weighted by atomic mass is 9.84. The number of nitrogens with zero attached hydrogens (tertiary/aromatic N) is 2. The average Bonchev–Trinajstić information content (AvgIpc) is 3.12. The number of aromatic nitrogens is 2. The molecule has 2 saturated carbocycles. The van der Waals surface area contributed by atoms with Crippen molar-refractivity contribution in [2.75, 3.05) is 0 Å². The van der Waals surface area contributed by atoms with Crippen molar-refractivity contribution in [3.63, 3.8) is 0 Å². The first-order valence-electron chi connectivity index (χ1n) is 7.45. The van der Waals surface area contributed by atoms with Gasteiger partial charge in [0.15, 0.2) is 5.82 Å². The molecule has 2 fully saturated rings. The lowest BCUT2D eigenvalue weighted by Crippen LogP contribution is -2.45. The minimum atomic E-state index is -0.156. The Kier molecular flexibility index (Phi) is 3.63. The Morgan fingerprint density at radius 3 is 2.90 bits per heavy atom. The van der Waals surface area contributed by atoms with Crippen molar-refractivity contribution >= 4 is 6.03 Å². The second-order valence-electron chi connectivity index (χ2n) is 6.19. The monoisotopic (exact) mass is 278 g/mol. The summed E-state index contributed by atoms with van der Waals surface area (Å²) in [6, 6.07) is 0.0749. The number of carbonyl (C=O) groups is 1. The fourth-order valence-electron chi connectivity index (χ4n) is 3.84. The molecule has 1 aromatic rings. The Hall–Kier alpha value is -1.59. The number of hydrogen-bond acceptors (Lipinski definition) is 4. The highest BCUT2D eigenvalue weighted by molar-refractivity contribution is 5.74. The van der Waals surface area contributed by atoms with E-state index in [1.165, 1.54) is 25.7 Å². The largest absolute Gasteiger partial charge is 0.337 e. The quantitative estimate of drug-likeness (QED) is 0.882. The second-order valence-corrected chi connectivity index (χ2v) is 6.19. The summed E-state index contributed by atoms with van der Waals surface area (Å²) in [5.74, 6) is 3.38. The van der Waals surface area contributed by atoms with Gasteiger partial charge in [0.25, 0.3) is 0 Å². The van der Waals surface area contributed by atoms with Gasteiger partial charge in [-0.25, -0.2) is 4.79 Å². The van der Waals surface area contributed by atoms with Crippen LogP contribution in [0.3, 0.4) is 0 Å². The SMILES string of the molecule is Cc1noc(CNC(=O)N[C@@H](C)[C@H]2C[C@H]3CC[C@H]2C3)n1. The first-order chi connectivity index (χ1) is 9.61. The van der Waals surface area contributed by atoms with E-state index in [0.29, 0.717) is 17.6 Å². The van der Waals surface area contributed by atoms with E-state index >= 15 is 0 Å². The van der Waals surface area contributed by atoms with Gasteiger partial charge in [0, 0.05) is 6.04 Å². The maximum Gasteiger partial charge on any atom is 0.315 e. The Morgan fingerprint density at radius 2 is 2.30 bits per heavy atom. The molecule has 1 heterocycles. The van der Waals surface area contributed by atoms with Crippen LogP contribution in [-0.2, 0) is 6.54 Å². The van der Waals surface area contributed by atoms with Crippen molar-refractivity contribution in [3.8, 4) is 0 Å². The number of amides is 2. The smallest absolute Gasteiger partial charge is 0.315 e. The summed E-state index contributed by atoms with van der Waals surface area (Å²) in [7, 11) is 0. The lowest BCUT2D eigenvalue weighted by Gasteiger charge is -2.28. The molecule has 2 N–H and O–H groups in total. The van der Waals surface area contributed by atoms with Crippen LogP contribution in [0, 0.1) is 24.7 Å². The summed E-state index contributed by atoms with van der Waals surface area (Å²) in [5, 5.41) is 9.49. The van der Waals surface area contributed by atoms with Gasteiger partial charge in [0.2, 0.25) is 5.89 Å². The van der Waals surface area contributed by atoms with Gasteiger partial charge in [0.05, 0.1) is 6.54 Å². The molecule has 2 amide bonds. The first kappa shape index (κ1) is 13.4. The third kappa shape index (κ3) is 2.78. The van der Waals surface area contributed by atoms with E-state index in [1.54, 1.807) is 6.92 Å². The summed E-state index contributed by atoms with van der Waals surface area (Å²) in [4.78, 5) is 15.9. The van der Waals surface area contributed by atoms with Gasteiger partial charge >= 0.3 is 6.03 Å². The number of aryl methyl sites for hydroxylation is 1. The van der Waals surface area contributed by atoms with Crippen LogP contribution in [-0.4, -0.2) is 22.2 Å². The highest BCUT2D eigenvalue weighted by atomic mass is 16.5. The highest BCUT2D eigenvalue weighted by Gasteiger charge is 2.42. The molecule has 0 aromatic carbocycles. The van der Waals surface area contributed by atoms with Gasteiger partial charge in [-0.05, 0) is 50.9 Å². The van der Waals surface area contributed by atoms with Gasteiger partial charge in [-0.3, -0.25) is 0 Å². The van der Waals surface area contributed by atoms with Gasteiger partial charge in [-0.1, -0.05) is 11.6 Å². The zero-order valence-electron chi connectivity index (χ0n) is 12.1. The van der Waals surface area contributed by atoms with Crippen LogP contribution in [0.15, 0.2) is 4.52 Å². The summed E-state index contributed by atoms with van der Waals surface area (Å²) < 4.78 is 4.96. The molecule has 0 spiro atoms. The molecule has 0 unspecified atom stereocenters. The van der Waals surface area contributed by atoms with Gasteiger partial charge < -0.3 is 15.2 Å². The molecule has 6 heteroatoms. The molecule has 6 nitrogen and oxygen atoms in total. The standard InChI is InChI=1S/C14H22N4O2/c1-8(12-6-10-3-4-11(12)5-10)16-14(19)15-7-13-17-9(2)18-20-13/h8,10-12H,3-7H2,1-2H3,(H2,15,16,19)/t8-,10-,11-,12+/m0/s1. The Bertz CT molecular complexity index is 487. The van der Waals surface area contributed by atoms with Gasteiger partial charge in [-0.15, -0.1) is 0 Å². The summed E-state index contributed by atoms with van der Waals surface area (Å²) in [6.07, 6.45) is 5.36. The Labute approximate surface area is 118 Å². The number of rotatable bonds is 4. The van der Waals surface area contributed by atoms with E-state index in [-0.39, 0.29) is 18.6 Å². The minimum Gasteiger partial charge on any atom is -0.337 e. The minimum absolute atomic E-state index is 0.156. The molecule has 0 aliphatic heterocycles. The van der Waals surface area contributed by atoms with E-state index in [2.05, 4.69) is 27.7 Å². The Balaban J connectivity index is 1.44. The van der Waals surface area contributed by atoms with E-state index < -0.39 is 0 Å². The maximum absolute atomic E-state index is 11.9. The van der Waals surface area contributed by atoms with Crippen LogP contribution in [0.25, 0.3) is 0 Å². The third-order valence-corrected chi connectivity index (χ3v) is 4.76. The average molecular weight is 278 g/mol. The van der Waals surface area contributed by atoms with Crippen LogP contribution >= 0.6 is 0 Å². The zero-order valence-corrected chi connectivity index (χ0v) is 12.1. The van der Waals surface area contributed by atoms with Crippen molar-refractivity contribution in [1.29, 1.82) is 0 Å². The number of hydrogen-bond donors (Lipinski definition) is 2. The zero-order chi connectivity index (χ0) is 14.1. The van der Waals surface area contributed by atoms with E-state index in [9.17, 15) is 4.79 Å². The topological polar surface area (TPSA) is 80.0 Å². The van der Waals surface area contributed by atoms with Crippen LogP contribution in [0.1, 0.15) is 44.3 Å². The molecule has 0 saturated heterocycles. The van der Waals surface area contributed by atoms with Gasteiger partial charge in [0.1, 0.15) is 0 Å². The number of urea groups is 1. The molecular formula is C14H22N4O2. The predicted molar refractivity (Wildman–Crippen MR) is 72.8 cm³/mol. The fraction of sp³-hybridized carbons (Fsp3) is 0.786. The summed E-state index contributed by atoms with van der Waals surface area (Å²) in [5.41, 5.74) is 0. The van der Waals surface area contributed by atoms with E-state index in [0.717, 1.165) is 11.8 Å². The van der Waals surface area contributed by atoms with Crippen LogP contribution in [0.4, 0.5) is 4.79 Å². The molecule has 1 aromatic heterocycles. The number of nitrogens with one attached hydrogen (secondary N) is 2. The third-order valence-electron chi connectivity index (χ3n) is 4.76. The van der Waals surface area contributed by atoms with Crippen molar-refractivity contribution in [2.45, 2.75) is 52.1 Å². The van der Waals surface area contributed by atoms with Crippen molar-refractivity contribution in [2.24, 2.45) is 17.8 Å². The predicted octanol–water partition coefficient (Wildman–Crippen LogP) is 2.00. The molecule has 4 atom stereocenters. The summed E-state index contributed by atoms with van der Waals surface area (Å²) in [6.45, 7) is 4.14. The number of carbonyl (C=O) groups excluding carboxylic acids is 1. The molecular weight excluding hydrogens is 256 g/mol. The molecule has 0 radical (unpaired) electrons. The van der Waals surface area contributed by atoms with E-state index in [1.807, 2.05) is 0 Å². The second kappa shape index (κ2) is 5.42. The summed E-state index contributed by atoms with van der Waals surface area (Å²) >= 11 is 0. The number of fused-ring (bicyclic) bond motifs is 2. The Morgan fingerprint density at radius 1 is 1.45 bits per heavy atom. The highest BCUT2D eigenvalue weighted by Crippen LogP contribution is 2.49. The molecule has 2 aliphatic carbocycles. The van der Waals surface area contributed by atoms with Crippen molar-refractivity contribution < 1.29 is 9.32 Å². The lowest BCUT2D eigenvalue weighted by molar-refractivity contribution is 0.218. The van der Waals surface area contributed by atoms with Crippen LogP contribution in [0.2, 0.25) is 0 Å². The normalized spacial score (nSPS) is 29.4. The molecule has 3 rings (SSSR count). The van der Waals surface area contributed by atoms with Crippen molar-refractivity contribution in [1.82, 2.24) is 20.8 Å². The van der Waals surface area contributed by atoms with E-state index in [4.69, 9.17) is 4.52 Å². The van der Waals surface area contributed by atoms with Crippen LogP contribution in [0.5, 0.6) is 0 Å². The first-order valence-corrected chi connectivity index (χ1v) is 7.45. The van der Waals surface area contributed by atoms with Crippen molar-refractivity contribution in [3.05, 3.63) is 11.7 Å². The fourth-order valence-corrected chi connectivity index (χ4v) is 3.84. The maximum atomic E-state index is 11.9.